The Morgan fingerprint density at radius 1 is 0.538 bits per heavy atom. The largest absolute Gasteiger partial charge is 0.598 e. The second-order valence-electron chi connectivity index (χ2n) is 0.671. The SMILES string of the molecule is O=[P+]([O-])[O-].O=[P+]([O-])[O-].O=[P+]([O-])[O-].[Mo]. The van der Waals surface area contributed by atoms with E-state index >= 15 is 0 Å². The van der Waals surface area contributed by atoms with E-state index in [9.17, 15) is 0 Å². The van der Waals surface area contributed by atoms with E-state index in [1.807, 2.05) is 0 Å². The van der Waals surface area contributed by atoms with Crippen LogP contribution in [0, 0.1) is 0 Å². The molecular formula is MoO9P3-3. The van der Waals surface area contributed by atoms with E-state index in [0.717, 1.165) is 0 Å². The average Bonchev–Trinajstić information content (AvgIpc) is 1.54. The van der Waals surface area contributed by atoms with Crippen LogP contribution in [0.1, 0.15) is 0 Å². The zero-order valence-corrected chi connectivity index (χ0v) is 10.1. The van der Waals surface area contributed by atoms with Crippen molar-refractivity contribution in [2.24, 2.45) is 0 Å². The van der Waals surface area contributed by atoms with Gasteiger partial charge in [0.15, 0.2) is 0 Å². The summed E-state index contributed by atoms with van der Waals surface area (Å²) in [6.07, 6.45) is 0. The van der Waals surface area contributed by atoms with Crippen molar-refractivity contribution in [1.82, 2.24) is 0 Å². The zero-order valence-electron chi connectivity index (χ0n) is 5.42. The molecule has 0 atom stereocenters. The van der Waals surface area contributed by atoms with Crippen LogP contribution in [0.15, 0.2) is 0 Å². The Kier molecular flexibility index (Phi) is 33.5. The Labute approximate surface area is 89.2 Å². The van der Waals surface area contributed by atoms with Crippen molar-refractivity contribution in [3.8, 4) is 0 Å². The quantitative estimate of drug-likeness (QED) is 0.309. The van der Waals surface area contributed by atoms with Gasteiger partial charge in [-0.05, 0) is 0 Å². The fraction of sp³-hybridized carbons (Fsp3) is 0. The van der Waals surface area contributed by atoms with Gasteiger partial charge in [0.2, 0.25) is 0 Å². The molecule has 0 bridgehead atoms. The van der Waals surface area contributed by atoms with Crippen LogP contribution in [0.25, 0.3) is 0 Å². The molecule has 0 N–H and O–H groups in total. The molecule has 9 nitrogen and oxygen atoms in total. The molecule has 0 fully saturated rings. The molecule has 78 valence electrons. The predicted molar refractivity (Wildman–Crippen MR) is 22.8 cm³/mol. The molecule has 0 amide bonds. The van der Waals surface area contributed by atoms with Gasteiger partial charge in [0.25, 0.3) is 24.8 Å². The molecule has 0 aliphatic carbocycles. The van der Waals surface area contributed by atoms with Crippen LogP contribution >= 0.6 is 24.8 Å². The molecule has 0 aliphatic rings. The Bertz CT molecular complexity index is 112. The molecule has 13 heavy (non-hydrogen) atoms. The van der Waals surface area contributed by atoms with E-state index in [2.05, 4.69) is 0 Å². The maximum Gasteiger partial charge on any atom is 0.276 e. The summed E-state index contributed by atoms with van der Waals surface area (Å²) in [5.41, 5.74) is 0. The summed E-state index contributed by atoms with van der Waals surface area (Å²) >= 11 is 0. The van der Waals surface area contributed by atoms with Crippen molar-refractivity contribution in [3.63, 3.8) is 0 Å². The molecule has 0 aliphatic heterocycles. The number of hydrogen-bond acceptors (Lipinski definition) is 9. The van der Waals surface area contributed by atoms with Gasteiger partial charge in [0.1, 0.15) is 0 Å². The van der Waals surface area contributed by atoms with Gasteiger partial charge in [0, 0.05) is 21.1 Å². The molecule has 13 heteroatoms. The second-order valence-corrected chi connectivity index (χ2v) is 2.01. The molecule has 0 radical (unpaired) electrons. The minimum atomic E-state index is -3.37. The Morgan fingerprint density at radius 3 is 0.538 bits per heavy atom. The molecule has 0 unspecified atom stereocenters. The summed E-state index contributed by atoms with van der Waals surface area (Å²) in [6.45, 7) is 0. The first-order valence-electron chi connectivity index (χ1n) is 1.64. The summed E-state index contributed by atoms with van der Waals surface area (Å²) in [5, 5.41) is 0. The van der Waals surface area contributed by atoms with E-state index in [-0.39, 0.29) is 21.1 Å². The number of hydrogen-bond donors (Lipinski definition) is 0. The molecule has 0 rings (SSSR count). The van der Waals surface area contributed by atoms with Gasteiger partial charge in [-0.1, -0.05) is 13.7 Å². The minimum Gasteiger partial charge on any atom is -0.598 e. The zero-order chi connectivity index (χ0) is 10.7. The first kappa shape index (κ1) is 23.5. The molecule has 0 heterocycles. The third-order valence-electron chi connectivity index (χ3n) is 0. The molecule has 0 aromatic carbocycles. The van der Waals surface area contributed by atoms with Crippen LogP contribution in [0.2, 0.25) is 0 Å². The average molecular weight is 333 g/mol. The van der Waals surface area contributed by atoms with E-state index in [4.69, 9.17) is 43.1 Å². The number of rotatable bonds is 0. The molecule has 0 spiro atoms. The summed E-state index contributed by atoms with van der Waals surface area (Å²) in [6, 6.07) is 0. The predicted octanol–water partition coefficient (Wildman–Crippen LogP) is -4.91. The van der Waals surface area contributed by atoms with Crippen LogP contribution < -0.4 is 29.4 Å². The summed E-state index contributed by atoms with van der Waals surface area (Å²) in [5.74, 6) is 0. The van der Waals surface area contributed by atoms with Crippen molar-refractivity contribution in [2.45, 2.75) is 0 Å². The minimum absolute atomic E-state index is 0. The first-order chi connectivity index (χ1) is 5.20. The topological polar surface area (TPSA) is 190 Å². The van der Waals surface area contributed by atoms with E-state index < -0.39 is 24.8 Å². The van der Waals surface area contributed by atoms with Crippen LogP contribution in [0.4, 0.5) is 0 Å². The Morgan fingerprint density at radius 2 is 0.538 bits per heavy atom. The summed E-state index contributed by atoms with van der Waals surface area (Å²) in [7, 11) is -10.1. The van der Waals surface area contributed by atoms with Gasteiger partial charge in [-0.2, -0.15) is 0 Å². The van der Waals surface area contributed by atoms with Crippen LogP contribution in [-0.4, -0.2) is 0 Å². The maximum atomic E-state index is 8.48. The van der Waals surface area contributed by atoms with Crippen molar-refractivity contribution in [1.29, 1.82) is 0 Å². The summed E-state index contributed by atoms with van der Waals surface area (Å²) in [4.78, 5) is 50.9. The van der Waals surface area contributed by atoms with Crippen molar-refractivity contribution in [3.05, 3.63) is 0 Å². The van der Waals surface area contributed by atoms with Crippen LogP contribution in [0.3, 0.4) is 0 Å². The molecule has 0 aromatic heterocycles. The van der Waals surface area contributed by atoms with E-state index in [0.29, 0.717) is 0 Å². The van der Waals surface area contributed by atoms with Gasteiger partial charge in [0.05, 0.1) is 0 Å². The normalized spacial score (nSPS) is 6.00. The van der Waals surface area contributed by atoms with Gasteiger partial charge in [-0.3, -0.25) is 0 Å². The third-order valence-corrected chi connectivity index (χ3v) is 0. The molecule has 0 saturated heterocycles. The van der Waals surface area contributed by atoms with Crippen LogP contribution in [-0.2, 0) is 34.8 Å². The standard InChI is InChI=1S/Mo.3HO3P/c;3*1-4(2)3/h;3*(H,1,2,3)/p-3. The van der Waals surface area contributed by atoms with Gasteiger partial charge in [-0.25, -0.2) is 0 Å². The summed E-state index contributed by atoms with van der Waals surface area (Å²) < 4.78 is 25.4. The second kappa shape index (κ2) is 18.5. The first-order valence-corrected chi connectivity index (χ1v) is 4.93. The van der Waals surface area contributed by atoms with Crippen molar-refractivity contribution < 1.29 is 64.1 Å². The molecule has 0 aromatic rings. The Hall–Kier alpha value is 0.748. The van der Waals surface area contributed by atoms with Gasteiger partial charge >= 0.3 is 0 Å². The van der Waals surface area contributed by atoms with Crippen LogP contribution in [0.5, 0.6) is 0 Å². The van der Waals surface area contributed by atoms with Gasteiger partial charge in [-0.15, -0.1) is 0 Å². The maximum absolute atomic E-state index is 8.48. The monoisotopic (exact) mass is 335 g/mol. The fourth-order valence-corrected chi connectivity index (χ4v) is 0. The van der Waals surface area contributed by atoms with E-state index in [1.54, 1.807) is 0 Å². The molecular weight excluding hydrogens is 333 g/mol. The Balaban J connectivity index is -0.0000000450. The van der Waals surface area contributed by atoms with Crippen molar-refractivity contribution in [2.75, 3.05) is 0 Å². The fourth-order valence-electron chi connectivity index (χ4n) is 0. The van der Waals surface area contributed by atoms with Crippen molar-refractivity contribution >= 4 is 24.8 Å². The van der Waals surface area contributed by atoms with E-state index in [1.165, 1.54) is 0 Å². The molecule has 0 saturated carbocycles. The van der Waals surface area contributed by atoms with Gasteiger partial charge < -0.3 is 29.4 Å². The third kappa shape index (κ3) is 2630. The smallest absolute Gasteiger partial charge is 0.276 e.